The number of halogens is 1. The molecule has 2 aromatic carbocycles. The van der Waals surface area contributed by atoms with Gasteiger partial charge in [-0.1, -0.05) is 54.0 Å². The van der Waals surface area contributed by atoms with Crippen LogP contribution in [-0.2, 0) is 14.8 Å². The Hall–Kier alpha value is -2.19. The van der Waals surface area contributed by atoms with Gasteiger partial charge < -0.3 is 5.32 Å². The smallest absolute Gasteiger partial charge is 0.263 e. The molecule has 0 aliphatic carbocycles. The second-order valence-corrected chi connectivity index (χ2v) is 9.62. The first kappa shape index (κ1) is 20.5. The lowest BCUT2D eigenvalue weighted by Crippen LogP contribution is -2.39. The molecule has 2 atom stereocenters. The van der Waals surface area contributed by atoms with E-state index >= 15 is 0 Å². The summed E-state index contributed by atoms with van der Waals surface area (Å²) in [5, 5.41) is 2.98. The monoisotopic (exact) mass is 463 g/mol. The predicted octanol–water partition coefficient (Wildman–Crippen LogP) is 3.39. The van der Waals surface area contributed by atoms with Crippen molar-refractivity contribution in [3.8, 4) is 0 Å². The molecular weight excluding hydrogens is 442 g/mol. The standard InChI is InChI=1S/C20H22BrN3O3S/c1-12(2)18(20(25)22-13(3)14-8-10-15(21)11-9-14)23-19-16-6-4-5-7-17(16)28(26,27)24-19/h4-13,18H,1-3H3,(H,22,25)(H,23,24)/t13?,18-/m0/s1. The fraction of sp³-hybridized carbons (Fsp3) is 0.300. The number of carbonyl (C=O) groups excluding carboxylic acids is 1. The number of nitrogens with one attached hydrogen (secondary N) is 2. The zero-order valence-corrected chi connectivity index (χ0v) is 18.2. The average molecular weight is 464 g/mol. The van der Waals surface area contributed by atoms with E-state index in [0.717, 1.165) is 10.0 Å². The number of carbonyl (C=O) groups is 1. The number of hydrogen-bond donors (Lipinski definition) is 2. The molecule has 8 heteroatoms. The Morgan fingerprint density at radius 3 is 2.36 bits per heavy atom. The molecule has 1 heterocycles. The fourth-order valence-corrected chi connectivity index (χ4v) is 4.52. The highest BCUT2D eigenvalue weighted by Gasteiger charge is 2.32. The lowest BCUT2D eigenvalue weighted by Gasteiger charge is -2.21. The molecular formula is C20H22BrN3O3S. The number of rotatable bonds is 5. The lowest BCUT2D eigenvalue weighted by molar-refractivity contribution is -0.123. The van der Waals surface area contributed by atoms with Crippen LogP contribution in [0.3, 0.4) is 0 Å². The maximum atomic E-state index is 12.9. The van der Waals surface area contributed by atoms with Gasteiger partial charge in [-0.15, -0.1) is 0 Å². The normalized spacial score (nSPS) is 18.4. The van der Waals surface area contributed by atoms with E-state index in [2.05, 4.69) is 31.0 Å². The highest BCUT2D eigenvalue weighted by atomic mass is 79.9. The second kappa shape index (κ2) is 8.05. The van der Waals surface area contributed by atoms with E-state index in [0.29, 0.717) is 5.56 Å². The number of nitrogens with zero attached hydrogens (tertiary/aromatic N) is 1. The number of fused-ring (bicyclic) bond motifs is 1. The molecule has 6 nitrogen and oxygen atoms in total. The number of amides is 1. The fourth-order valence-electron chi connectivity index (χ4n) is 3.01. The summed E-state index contributed by atoms with van der Waals surface area (Å²) in [4.78, 5) is 17.6. The maximum Gasteiger partial charge on any atom is 0.263 e. The number of amidine groups is 1. The summed E-state index contributed by atoms with van der Waals surface area (Å²) >= 11 is 3.40. The van der Waals surface area contributed by atoms with E-state index in [4.69, 9.17) is 0 Å². The lowest BCUT2D eigenvalue weighted by atomic mass is 10.0. The van der Waals surface area contributed by atoms with Gasteiger partial charge in [0.1, 0.15) is 11.9 Å². The van der Waals surface area contributed by atoms with E-state index in [1.165, 1.54) is 6.07 Å². The van der Waals surface area contributed by atoms with Crippen LogP contribution in [-0.4, -0.2) is 26.2 Å². The van der Waals surface area contributed by atoms with E-state index in [1.807, 2.05) is 45.0 Å². The van der Waals surface area contributed by atoms with Crippen molar-refractivity contribution in [1.82, 2.24) is 10.0 Å². The van der Waals surface area contributed by atoms with Gasteiger partial charge in [0.2, 0.25) is 5.91 Å². The Morgan fingerprint density at radius 2 is 1.71 bits per heavy atom. The summed E-state index contributed by atoms with van der Waals surface area (Å²) in [6.45, 7) is 5.67. The van der Waals surface area contributed by atoms with Crippen LogP contribution >= 0.6 is 15.9 Å². The molecule has 148 valence electrons. The minimum Gasteiger partial charge on any atom is -0.348 e. The van der Waals surface area contributed by atoms with Gasteiger partial charge in [0.15, 0.2) is 0 Å². The highest BCUT2D eigenvalue weighted by molar-refractivity contribution is 9.10. The summed E-state index contributed by atoms with van der Waals surface area (Å²) in [5.74, 6) is -0.149. The third-order valence-corrected chi connectivity index (χ3v) is 6.49. The quantitative estimate of drug-likeness (QED) is 0.711. The molecule has 0 fully saturated rings. The first-order valence-electron chi connectivity index (χ1n) is 8.95. The summed E-state index contributed by atoms with van der Waals surface area (Å²) < 4.78 is 28.0. The van der Waals surface area contributed by atoms with E-state index in [1.54, 1.807) is 18.2 Å². The van der Waals surface area contributed by atoms with Gasteiger partial charge in [0, 0.05) is 10.0 Å². The van der Waals surface area contributed by atoms with E-state index in [-0.39, 0.29) is 28.6 Å². The summed E-state index contributed by atoms with van der Waals surface area (Å²) in [7, 11) is -3.64. The van der Waals surface area contributed by atoms with Crippen molar-refractivity contribution in [2.75, 3.05) is 0 Å². The molecule has 1 amide bonds. The van der Waals surface area contributed by atoms with Crippen molar-refractivity contribution in [3.05, 3.63) is 64.1 Å². The molecule has 2 aromatic rings. The summed E-state index contributed by atoms with van der Waals surface area (Å²) in [5.41, 5.74) is 1.46. The molecule has 0 bridgehead atoms. The van der Waals surface area contributed by atoms with Crippen molar-refractivity contribution in [3.63, 3.8) is 0 Å². The van der Waals surface area contributed by atoms with Crippen LogP contribution in [0.2, 0.25) is 0 Å². The van der Waals surface area contributed by atoms with Crippen LogP contribution in [0.5, 0.6) is 0 Å². The van der Waals surface area contributed by atoms with Crippen LogP contribution in [0.25, 0.3) is 0 Å². The van der Waals surface area contributed by atoms with Gasteiger partial charge in [-0.25, -0.2) is 8.42 Å². The van der Waals surface area contributed by atoms with Gasteiger partial charge in [-0.05, 0) is 42.7 Å². The zero-order valence-electron chi connectivity index (χ0n) is 15.8. The van der Waals surface area contributed by atoms with E-state index < -0.39 is 16.1 Å². The summed E-state index contributed by atoms with van der Waals surface area (Å²) in [6.07, 6.45) is 0. The number of hydrogen-bond acceptors (Lipinski definition) is 4. The first-order valence-corrected chi connectivity index (χ1v) is 11.2. The molecule has 28 heavy (non-hydrogen) atoms. The molecule has 0 saturated carbocycles. The van der Waals surface area contributed by atoms with Crippen LogP contribution in [0.4, 0.5) is 0 Å². The van der Waals surface area contributed by atoms with Gasteiger partial charge >= 0.3 is 0 Å². The van der Waals surface area contributed by atoms with Crippen molar-refractivity contribution < 1.29 is 13.2 Å². The molecule has 1 unspecified atom stereocenters. The van der Waals surface area contributed by atoms with Crippen LogP contribution in [0, 0.1) is 5.92 Å². The minimum atomic E-state index is -3.64. The van der Waals surface area contributed by atoms with Crippen LogP contribution < -0.4 is 10.0 Å². The largest absolute Gasteiger partial charge is 0.348 e. The number of benzene rings is 2. The van der Waals surface area contributed by atoms with Crippen molar-refractivity contribution >= 4 is 37.7 Å². The van der Waals surface area contributed by atoms with Gasteiger partial charge in [-0.2, -0.15) is 0 Å². The topological polar surface area (TPSA) is 87.6 Å². The molecule has 0 saturated heterocycles. The Morgan fingerprint density at radius 1 is 1.07 bits per heavy atom. The molecule has 0 aromatic heterocycles. The Kier molecular flexibility index (Phi) is 5.90. The number of sulfonamides is 1. The van der Waals surface area contributed by atoms with Crippen LogP contribution in [0.15, 0.2) is 62.9 Å². The SMILES string of the molecule is CC(NC(=O)[C@@H](N=C1NS(=O)(=O)c2ccccc21)C(C)C)c1ccc(Br)cc1. The zero-order chi connectivity index (χ0) is 20.5. The Bertz CT molecular complexity index is 1020. The average Bonchev–Trinajstić information content (AvgIpc) is 2.90. The number of aliphatic imine (C=N–C) groups is 1. The maximum absolute atomic E-state index is 12.9. The van der Waals surface area contributed by atoms with Gasteiger partial charge in [0.25, 0.3) is 10.0 Å². The molecule has 1 aliphatic rings. The second-order valence-electron chi connectivity index (χ2n) is 7.05. The predicted molar refractivity (Wildman–Crippen MR) is 113 cm³/mol. The minimum absolute atomic E-state index is 0.109. The van der Waals surface area contributed by atoms with Crippen LogP contribution in [0.1, 0.15) is 37.9 Å². The molecule has 0 spiro atoms. The molecule has 1 aliphatic heterocycles. The third kappa shape index (κ3) is 4.28. The molecule has 2 N–H and O–H groups in total. The summed E-state index contributed by atoms with van der Waals surface area (Å²) in [6, 6.07) is 13.4. The molecule has 0 radical (unpaired) electrons. The highest BCUT2D eigenvalue weighted by Crippen LogP contribution is 2.24. The van der Waals surface area contributed by atoms with Crippen molar-refractivity contribution in [2.24, 2.45) is 10.9 Å². The third-order valence-electron chi connectivity index (χ3n) is 4.56. The Labute approximate surface area is 173 Å². The van der Waals surface area contributed by atoms with Gasteiger partial charge in [0.05, 0.1) is 10.9 Å². The first-order chi connectivity index (χ1) is 13.2. The van der Waals surface area contributed by atoms with Crippen molar-refractivity contribution in [2.45, 2.75) is 37.8 Å². The Balaban J connectivity index is 1.85. The molecule has 3 rings (SSSR count). The van der Waals surface area contributed by atoms with E-state index in [9.17, 15) is 13.2 Å². The van der Waals surface area contributed by atoms with Crippen molar-refractivity contribution in [1.29, 1.82) is 0 Å². The van der Waals surface area contributed by atoms with Gasteiger partial charge in [-0.3, -0.25) is 14.5 Å².